The third kappa shape index (κ3) is 4.01. The third-order valence-electron chi connectivity index (χ3n) is 1.59. The number of anilines is 1. The molecule has 0 aliphatic rings. The molecular formula is C9H14FN3OS. The van der Waals surface area contributed by atoms with Crippen LogP contribution in [0.15, 0.2) is 11.2 Å². The van der Waals surface area contributed by atoms with Crippen molar-refractivity contribution in [1.82, 2.24) is 9.97 Å². The van der Waals surface area contributed by atoms with Crippen LogP contribution in [0.4, 0.5) is 10.3 Å². The van der Waals surface area contributed by atoms with Gasteiger partial charge in [0, 0.05) is 18.9 Å². The van der Waals surface area contributed by atoms with Crippen molar-refractivity contribution < 1.29 is 9.50 Å². The molecular weight excluding hydrogens is 217 g/mol. The van der Waals surface area contributed by atoms with E-state index in [4.69, 9.17) is 5.11 Å². The first-order valence-corrected chi connectivity index (χ1v) is 5.76. The third-order valence-corrected chi connectivity index (χ3v) is 2.64. The highest BCUT2D eigenvalue weighted by atomic mass is 32.2. The number of rotatable bonds is 6. The van der Waals surface area contributed by atoms with Crippen molar-refractivity contribution in [2.24, 2.45) is 0 Å². The summed E-state index contributed by atoms with van der Waals surface area (Å²) in [7, 11) is 0. The van der Waals surface area contributed by atoms with Crippen LogP contribution in [0.5, 0.6) is 0 Å². The first-order valence-electron chi connectivity index (χ1n) is 4.78. The van der Waals surface area contributed by atoms with Crippen LogP contribution in [0.1, 0.15) is 13.3 Å². The first-order chi connectivity index (χ1) is 7.27. The van der Waals surface area contributed by atoms with Gasteiger partial charge in [-0.15, -0.1) is 11.8 Å². The normalized spacial score (nSPS) is 10.3. The van der Waals surface area contributed by atoms with Gasteiger partial charge in [-0.1, -0.05) is 0 Å². The molecule has 0 aromatic carbocycles. The van der Waals surface area contributed by atoms with Crippen LogP contribution < -0.4 is 5.32 Å². The number of hydrogen-bond donors (Lipinski definition) is 2. The van der Waals surface area contributed by atoms with Crippen molar-refractivity contribution >= 4 is 17.7 Å². The monoisotopic (exact) mass is 231 g/mol. The maximum atomic E-state index is 13.2. The summed E-state index contributed by atoms with van der Waals surface area (Å²) in [6.45, 7) is 2.73. The van der Waals surface area contributed by atoms with Gasteiger partial charge >= 0.3 is 0 Å². The van der Waals surface area contributed by atoms with E-state index in [1.165, 1.54) is 11.8 Å². The second-order valence-corrected chi connectivity index (χ2v) is 3.89. The zero-order chi connectivity index (χ0) is 11.1. The van der Waals surface area contributed by atoms with Crippen LogP contribution >= 0.6 is 11.8 Å². The Morgan fingerprint density at radius 2 is 2.40 bits per heavy atom. The number of aliphatic hydroxyl groups excluding tert-OH is 1. The molecule has 1 aromatic heterocycles. The molecule has 1 rings (SSSR count). The van der Waals surface area contributed by atoms with Gasteiger partial charge < -0.3 is 10.4 Å². The smallest absolute Gasteiger partial charge is 0.223 e. The number of nitrogens with one attached hydrogen (secondary N) is 1. The molecule has 0 fully saturated rings. The summed E-state index contributed by atoms with van der Waals surface area (Å²) in [4.78, 5) is 7.81. The Bertz CT molecular complexity index is 311. The molecule has 0 saturated carbocycles. The largest absolute Gasteiger partial charge is 0.396 e. The van der Waals surface area contributed by atoms with Gasteiger partial charge in [0.2, 0.25) is 5.95 Å². The van der Waals surface area contributed by atoms with Gasteiger partial charge in [-0.25, -0.2) is 14.4 Å². The van der Waals surface area contributed by atoms with Gasteiger partial charge in [0.25, 0.3) is 0 Å². The molecule has 4 nitrogen and oxygen atoms in total. The standard InChI is InChI=1S/C9H14FN3OS/c1-2-11-9-12-6-7(10)8(13-9)15-5-3-4-14/h6,14H,2-5H2,1H3,(H,11,12,13). The number of hydrogen-bond acceptors (Lipinski definition) is 5. The van der Waals surface area contributed by atoms with Crippen LogP contribution in [-0.4, -0.2) is 34.0 Å². The quantitative estimate of drug-likeness (QED) is 0.441. The van der Waals surface area contributed by atoms with Gasteiger partial charge in [0.05, 0.1) is 6.20 Å². The maximum absolute atomic E-state index is 13.2. The SMILES string of the molecule is CCNc1ncc(F)c(SCCCO)n1. The van der Waals surface area contributed by atoms with Gasteiger partial charge in [-0.2, -0.15) is 0 Å². The fourth-order valence-electron chi connectivity index (χ4n) is 0.929. The molecule has 1 aromatic rings. The maximum Gasteiger partial charge on any atom is 0.223 e. The average Bonchev–Trinajstić information content (AvgIpc) is 2.23. The Hall–Kier alpha value is -0.880. The topological polar surface area (TPSA) is 58.0 Å². The van der Waals surface area contributed by atoms with E-state index in [1.807, 2.05) is 6.92 Å². The molecule has 0 radical (unpaired) electrons. The van der Waals surface area contributed by atoms with E-state index in [0.29, 0.717) is 29.7 Å². The van der Waals surface area contributed by atoms with Crippen LogP contribution in [0, 0.1) is 5.82 Å². The lowest BCUT2D eigenvalue weighted by atomic mass is 10.5. The van der Waals surface area contributed by atoms with Gasteiger partial charge in [0.15, 0.2) is 5.82 Å². The minimum absolute atomic E-state index is 0.111. The first kappa shape index (κ1) is 12.2. The molecule has 0 aliphatic heterocycles. The lowest BCUT2D eigenvalue weighted by molar-refractivity contribution is 0.296. The highest BCUT2D eigenvalue weighted by molar-refractivity contribution is 7.99. The Kier molecular flexibility index (Phi) is 5.34. The van der Waals surface area contributed by atoms with E-state index < -0.39 is 5.82 Å². The molecule has 0 atom stereocenters. The fourth-order valence-corrected chi connectivity index (χ4v) is 1.74. The van der Waals surface area contributed by atoms with Crippen molar-refractivity contribution in [2.75, 3.05) is 24.2 Å². The van der Waals surface area contributed by atoms with E-state index in [2.05, 4.69) is 15.3 Å². The second kappa shape index (κ2) is 6.58. The van der Waals surface area contributed by atoms with E-state index in [9.17, 15) is 4.39 Å². The van der Waals surface area contributed by atoms with Gasteiger partial charge in [-0.05, 0) is 13.3 Å². The Balaban J connectivity index is 2.63. The minimum atomic E-state index is -0.417. The Morgan fingerprint density at radius 3 is 3.07 bits per heavy atom. The molecule has 0 saturated heterocycles. The fraction of sp³-hybridized carbons (Fsp3) is 0.556. The summed E-state index contributed by atoms with van der Waals surface area (Å²) in [5.74, 6) is 0.667. The molecule has 15 heavy (non-hydrogen) atoms. The van der Waals surface area contributed by atoms with Crippen molar-refractivity contribution in [3.63, 3.8) is 0 Å². The highest BCUT2D eigenvalue weighted by Crippen LogP contribution is 2.20. The lowest BCUT2D eigenvalue weighted by Crippen LogP contribution is -2.03. The van der Waals surface area contributed by atoms with Crippen LogP contribution in [0.2, 0.25) is 0 Å². The summed E-state index contributed by atoms with van der Waals surface area (Å²) in [5.41, 5.74) is 0. The Morgan fingerprint density at radius 1 is 1.60 bits per heavy atom. The second-order valence-electron chi connectivity index (χ2n) is 2.80. The van der Waals surface area contributed by atoms with Gasteiger partial charge in [-0.3, -0.25) is 0 Å². The summed E-state index contributed by atoms with van der Waals surface area (Å²) in [6, 6.07) is 0. The molecule has 6 heteroatoms. The number of nitrogens with zero attached hydrogens (tertiary/aromatic N) is 2. The van der Waals surface area contributed by atoms with Crippen LogP contribution in [0.3, 0.4) is 0 Å². The summed E-state index contributed by atoms with van der Waals surface area (Å²) in [6.07, 6.45) is 1.79. The van der Waals surface area contributed by atoms with Crippen LogP contribution in [0.25, 0.3) is 0 Å². The summed E-state index contributed by atoms with van der Waals surface area (Å²) in [5, 5.41) is 11.8. The number of aromatic nitrogens is 2. The number of aliphatic hydroxyl groups is 1. The number of halogens is 1. The van der Waals surface area contributed by atoms with E-state index in [1.54, 1.807) is 0 Å². The zero-order valence-electron chi connectivity index (χ0n) is 8.53. The van der Waals surface area contributed by atoms with Crippen molar-refractivity contribution in [1.29, 1.82) is 0 Å². The van der Waals surface area contributed by atoms with E-state index >= 15 is 0 Å². The van der Waals surface area contributed by atoms with E-state index in [0.717, 1.165) is 6.20 Å². The lowest BCUT2D eigenvalue weighted by Gasteiger charge is -2.04. The predicted molar refractivity (Wildman–Crippen MR) is 58.6 cm³/mol. The molecule has 1 heterocycles. The molecule has 2 N–H and O–H groups in total. The summed E-state index contributed by atoms with van der Waals surface area (Å²) < 4.78 is 13.2. The minimum Gasteiger partial charge on any atom is -0.396 e. The average molecular weight is 231 g/mol. The molecule has 0 spiro atoms. The molecule has 0 amide bonds. The number of thioether (sulfide) groups is 1. The highest BCUT2D eigenvalue weighted by Gasteiger charge is 2.06. The molecule has 84 valence electrons. The van der Waals surface area contributed by atoms with Gasteiger partial charge in [0.1, 0.15) is 5.03 Å². The molecule has 0 unspecified atom stereocenters. The predicted octanol–water partition coefficient (Wildman–Crippen LogP) is 1.52. The van der Waals surface area contributed by atoms with Crippen molar-refractivity contribution in [3.8, 4) is 0 Å². The molecule has 0 bridgehead atoms. The van der Waals surface area contributed by atoms with Crippen molar-refractivity contribution in [3.05, 3.63) is 12.0 Å². The summed E-state index contributed by atoms with van der Waals surface area (Å²) >= 11 is 1.29. The molecule has 0 aliphatic carbocycles. The Labute approximate surface area is 92.3 Å². The zero-order valence-corrected chi connectivity index (χ0v) is 9.35. The van der Waals surface area contributed by atoms with E-state index in [-0.39, 0.29) is 6.61 Å². The van der Waals surface area contributed by atoms with Crippen LogP contribution in [-0.2, 0) is 0 Å². The van der Waals surface area contributed by atoms with Crippen molar-refractivity contribution in [2.45, 2.75) is 18.4 Å².